The molecule has 2 amide bonds. The van der Waals surface area contributed by atoms with Gasteiger partial charge in [-0.05, 0) is 36.8 Å². The molecule has 0 heterocycles. The summed E-state index contributed by atoms with van der Waals surface area (Å²) < 4.78 is 12.9. The fourth-order valence-corrected chi connectivity index (χ4v) is 1.62. The van der Waals surface area contributed by atoms with E-state index in [4.69, 9.17) is 0 Å². The Hall–Kier alpha value is -2.62. The fourth-order valence-electron chi connectivity index (χ4n) is 1.62. The molecule has 0 radical (unpaired) electrons. The summed E-state index contributed by atoms with van der Waals surface area (Å²) in [7, 11) is 0. The Kier molecular flexibility index (Phi) is 4.50. The summed E-state index contributed by atoms with van der Waals surface area (Å²) in [5, 5.41) is 5.10. The van der Waals surface area contributed by atoms with Gasteiger partial charge in [0.1, 0.15) is 5.82 Å². The highest BCUT2D eigenvalue weighted by atomic mass is 19.1. The van der Waals surface area contributed by atoms with Crippen LogP contribution in [-0.2, 0) is 0 Å². The molecule has 0 saturated carbocycles. The van der Waals surface area contributed by atoms with Crippen LogP contribution < -0.4 is 10.6 Å². The van der Waals surface area contributed by atoms with Crippen molar-refractivity contribution in [2.75, 3.05) is 5.32 Å². The molecule has 0 atom stereocenters. The average molecular weight is 270 g/mol. The highest BCUT2D eigenvalue weighted by Crippen LogP contribution is 2.08. The van der Waals surface area contributed by atoms with E-state index in [1.54, 1.807) is 18.3 Å². The maximum absolute atomic E-state index is 12.9. The molecule has 20 heavy (non-hydrogen) atoms. The molecule has 0 aliphatic rings. The molecule has 0 aliphatic heterocycles. The lowest BCUT2D eigenvalue weighted by molar-refractivity contribution is 0.255. The van der Waals surface area contributed by atoms with Crippen LogP contribution in [0.1, 0.15) is 11.1 Å². The first-order chi connectivity index (χ1) is 9.63. The Labute approximate surface area is 117 Å². The monoisotopic (exact) mass is 270 g/mol. The van der Waals surface area contributed by atoms with Gasteiger partial charge in [0.15, 0.2) is 0 Å². The van der Waals surface area contributed by atoms with Crippen molar-refractivity contribution in [1.29, 1.82) is 0 Å². The van der Waals surface area contributed by atoms with Gasteiger partial charge in [-0.25, -0.2) is 9.18 Å². The van der Waals surface area contributed by atoms with Gasteiger partial charge in [0.25, 0.3) is 0 Å². The molecule has 0 fully saturated rings. The summed E-state index contributed by atoms with van der Waals surface area (Å²) >= 11 is 0. The Bertz CT molecular complexity index is 621. The molecule has 2 aromatic rings. The number of anilines is 1. The zero-order chi connectivity index (χ0) is 14.4. The van der Waals surface area contributed by atoms with Gasteiger partial charge in [-0.3, -0.25) is 0 Å². The average Bonchev–Trinajstić information content (AvgIpc) is 2.41. The van der Waals surface area contributed by atoms with Crippen molar-refractivity contribution in [3.63, 3.8) is 0 Å². The number of halogens is 1. The van der Waals surface area contributed by atoms with Gasteiger partial charge in [-0.2, -0.15) is 0 Å². The molecule has 0 saturated heterocycles. The van der Waals surface area contributed by atoms with E-state index in [1.807, 2.05) is 31.2 Å². The zero-order valence-corrected chi connectivity index (χ0v) is 11.1. The van der Waals surface area contributed by atoms with Crippen molar-refractivity contribution < 1.29 is 9.18 Å². The highest BCUT2D eigenvalue weighted by Gasteiger charge is 1.99. The van der Waals surface area contributed by atoms with E-state index in [2.05, 4.69) is 10.6 Å². The van der Waals surface area contributed by atoms with Crippen LogP contribution in [-0.4, -0.2) is 6.03 Å². The minimum atomic E-state index is -0.418. The number of carbonyl (C=O) groups excluding carboxylic acids is 1. The van der Waals surface area contributed by atoms with Crippen molar-refractivity contribution in [3.8, 4) is 0 Å². The Morgan fingerprint density at radius 3 is 2.60 bits per heavy atom. The van der Waals surface area contributed by atoms with E-state index in [0.717, 1.165) is 5.56 Å². The summed E-state index contributed by atoms with van der Waals surface area (Å²) in [5.74, 6) is -0.391. The van der Waals surface area contributed by atoms with Crippen LogP contribution >= 0.6 is 0 Å². The van der Waals surface area contributed by atoms with E-state index in [1.165, 1.54) is 23.8 Å². The zero-order valence-electron chi connectivity index (χ0n) is 11.1. The molecule has 2 rings (SSSR count). The van der Waals surface area contributed by atoms with Crippen molar-refractivity contribution in [3.05, 3.63) is 71.7 Å². The fraction of sp³-hybridized carbons (Fsp3) is 0.0625. The Morgan fingerprint density at radius 1 is 1.15 bits per heavy atom. The van der Waals surface area contributed by atoms with E-state index >= 15 is 0 Å². The third-order valence-electron chi connectivity index (χ3n) is 2.65. The number of hydrogen-bond acceptors (Lipinski definition) is 1. The molecule has 2 N–H and O–H groups in total. The van der Waals surface area contributed by atoms with Crippen LogP contribution in [0.4, 0.5) is 14.9 Å². The van der Waals surface area contributed by atoms with Crippen LogP contribution in [0.15, 0.2) is 54.7 Å². The molecule has 0 aromatic heterocycles. The maximum Gasteiger partial charge on any atom is 0.323 e. The quantitative estimate of drug-likeness (QED) is 0.871. The first-order valence-corrected chi connectivity index (χ1v) is 6.20. The molecule has 3 nitrogen and oxygen atoms in total. The number of carbonyl (C=O) groups is 1. The molecule has 0 unspecified atom stereocenters. The van der Waals surface area contributed by atoms with Crippen LogP contribution in [0, 0.1) is 12.7 Å². The number of rotatable bonds is 3. The number of hydrogen-bond donors (Lipinski definition) is 2. The van der Waals surface area contributed by atoms with Gasteiger partial charge in [0, 0.05) is 11.9 Å². The standard InChI is InChI=1S/C16H15FN2O/c1-12-5-7-13(8-6-12)9-10-18-16(20)19-15-4-2-3-14(17)11-15/h2-11H,1H3,(H2,18,19,20)/b10-9+. The predicted octanol–water partition coefficient (Wildman–Crippen LogP) is 3.93. The summed E-state index contributed by atoms with van der Waals surface area (Å²) in [6.45, 7) is 2.01. The van der Waals surface area contributed by atoms with Gasteiger partial charge >= 0.3 is 6.03 Å². The number of urea groups is 1. The van der Waals surface area contributed by atoms with Gasteiger partial charge in [-0.1, -0.05) is 35.9 Å². The van der Waals surface area contributed by atoms with E-state index < -0.39 is 11.8 Å². The second-order valence-corrected chi connectivity index (χ2v) is 4.35. The first-order valence-electron chi connectivity index (χ1n) is 6.20. The van der Waals surface area contributed by atoms with Crippen LogP contribution in [0.3, 0.4) is 0 Å². The molecule has 4 heteroatoms. The Morgan fingerprint density at radius 2 is 1.90 bits per heavy atom. The van der Waals surface area contributed by atoms with Crippen molar-refractivity contribution in [1.82, 2.24) is 5.32 Å². The van der Waals surface area contributed by atoms with E-state index in [9.17, 15) is 9.18 Å². The first kappa shape index (κ1) is 13.8. The smallest absolute Gasteiger partial charge is 0.314 e. The molecule has 0 bridgehead atoms. The summed E-state index contributed by atoms with van der Waals surface area (Å²) in [4.78, 5) is 11.6. The largest absolute Gasteiger partial charge is 0.323 e. The minimum Gasteiger partial charge on any atom is -0.314 e. The van der Waals surface area contributed by atoms with Crippen LogP contribution in [0.2, 0.25) is 0 Å². The van der Waals surface area contributed by atoms with Gasteiger partial charge < -0.3 is 10.6 Å². The Balaban J connectivity index is 1.87. The molecular formula is C16H15FN2O. The summed E-state index contributed by atoms with van der Waals surface area (Å²) in [6.07, 6.45) is 3.32. The number of nitrogens with one attached hydrogen (secondary N) is 2. The lowest BCUT2D eigenvalue weighted by Crippen LogP contribution is -2.23. The van der Waals surface area contributed by atoms with Gasteiger partial charge in [0.2, 0.25) is 0 Å². The molecular weight excluding hydrogens is 255 g/mol. The van der Waals surface area contributed by atoms with Gasteiger partial charge in [-0.15, -0.1) is 0 Å². The van der Waals surface area contributed by atoms with Crippen LogP contribution in [0.25, 0.3) is 6.08 Å². The number of aryl methyl sites for hydroxylation is 1. The van der Waals surface area contributed by atoms with Crippen molar-refractivity contribution in [2.45, 2.75) is 6.92 Å². The lowest BCUT2D eigenvalue weighted by Gasteiger charge is -2.04. The van der Waals surface area contributed by atoms with E-state index in [-0.39, 0.29) is 0 Å². The molecule has 102 valence electrons. The van der Waals surface area contributed by atoms with Crippen LogP contribution in [0.5, 0.6) is 0 Å². The predicted molar refractivity (Wildman–Crippen MR) is 78.8 cm³/mol. The maximum atomic E-state index is 12.9. The summed E-state index contributed by atoms with van der Waals surface area (Å²) in [5.41, 5.74) is 2.58. The van der Waals surface area contributed by atoms with Crippen molar-refractivity contribution in [2.24, 2.45) is 0 Å². The van der Waals surface area contributed by atoms with E-state index in [0.29, 0.717) is 5.69 Å². The second-order valence-electron chi connectivity index (χ2n) is 4.35. The number of amides is 2. The summed E-state index contributed by atoms with van der Waals surface area (Å²) in [6, 6.07) is 13.2. The lowest BCUT2D eigenvalue weighted by atomic mass is 10.1. The normalized spacial score (nSPS) is 10.5. The molecule has 2 aromatic carbocycles. The third kappa shape index (κ3) is 4.24. The number of benzene rings is 2. The third-order valence-corrected chi connectivity index (χ3v) is 2.65. The molecule has 0 aliphatic carbocycles. The second kappa shape index (κ2) is 6.52. The van der Waals surface area contributed by atoms with Gasteiger partial charge in [0.05, 0.1) is 0 Å². The highest BCUT2D eigenvalue weighted by molar-refractivity contribution is 5.90. The van der Waals surface area contributed by atoms with Crippen molar-refractivity contribution >= 4 is 17.8 Å². The topological polar surface area (TPSA) is 41.1 Å². The SMILES string of the molecule is Cc1ccc(/C=C/NC(=O)Nc2cccc(F)c2)cc1. The minimum absolute atomic E-state index is 0.391. The molecule has 0 spiro atoms.